The summed E-state index contributed by atoms with van der Waals surface area (Å²) in [5.74, 6) is -1.86. The topological polar surface area (TPSA) is 125 Å². The van der Waals surface area contributed by atoms with Crippen molar-refractivity contribution in [3.05, 3.63) is 71.8 Å². The summed E-state index contributed by atoms with van der Waals surface area (Å²) in [4.78, 5) is 51.9. The predicted molar refractivity (Wildman–Crippen MR) is 148 cm³/mol. The van der Waals surface area contributed by atoms with Crippen molar-refractivity contribution in [3.8, 4) is 0 Å². The molecule has 8 heteroatoms. The minimum atomic E-state index is -1.21. The third-order valence-corrected chi connectivity index (χ3v) is 7.84. The van der Waals surface area contributed by atoms with Crippen molar-refractivity contribution in [1.82, 2.24) is 16.0 Å². The van der Waals surface area contributed by atoms with Gasteiger partial charge < -0.3 is 21.1 Å². The molecule has 4 atom stereocenters. The molecule has 2 aromatic rings. The van der Waals surface area contributed by atoms with E-state index in [0.29, 0.717) is 31.6 Å². The SMILES string of the molecule is CC(C)C1C[C@]1(NC(=O)[C@H](CCc1ccccc1)NC(=O)CC1CC1)C(=O)N[C@@H](Cc1ccccc1)C(=O)O. The average molecular weight is 534 g/mol. The van der Waals surface area contributed by atoms with Gasteiger partial charge in [-0.2, -0.15) is 0 Å². The second kappa shape index (κ2) is 12.5. The molecule has 3 amide bonds. The molecule has 2 aliphatic rings. The van der Waals surface area contributed by atoms with Gasteiger partial charge in [-0.25, -0.2) is 4.79 Å². The van der Waals surface area contributed by atoms with E-state index in [2.05, 4.69) is 16.0 Å². The van der Waals surface area contributed by atoms with Crippen molar-refractivity contribution in [2.24, 2.45) is 17.8 Å². The third kappa shape index (κ3) is 7.68. The lowest BCUT2D eigenvalue weighted by Crippen LogP contribution is -2.58. The van der Waals surface area contributed by atoms with Crippen LogP contribution in [0.25, 0.3) is 0 Å². The lowest BCUT2D eigenvalue weighted by Gasteiger charge is -2.26. The van der Waals surface area contributed by atoms with Crippen LogP contribution in [0.15, 0.2) is 60.7 Å². The number of rotatable bonds is 14. The molecule has 2 saturated carbocycles. The number of carbonyl (C=O) groups excluding carboxylic acids is 3. The molecule has 0 spiro atoms. The number of aryl methyl sites for hydroxylation is 1. The highest BCUT2D eigenvalue weighted by Gasteiger charge is 2.62. The number of benzene rings is 2. The van der Waals surface area contributed by atoms with Crippen LogP contribution < -0.4 is 16.0 Å². The molecule has 4 rings (SSSR count). The van der Waals surface area contributed by atoms with Gasteiger partial charge in [0.05, 0.1) is 0 Å². The lowest BCUT2D eigenvalue weighted by atomic mass is 10.00. The van der Waals surface area contributed by atoms with E-state index >= 15 is 0 Å². The molecule has 1 unspecified atom stereocenters. The van der Waals surface area contributed by atoms with Crippen LogP contribution in [-0.4, -0.2) is 46.4 Å². The number of carbonyl (C=O) groups is 4. The van der Waals surface area contributed by atoms with E-state index in [4.69, 9.17) is 0 Å². The number of carboxylic acid groups (broad SMARTS) is 1. The van der Waals surface area contributed by atoms with Crippen LogP contribution in [0.2, 0.25) is 0 Å². The van der Waals surface area contributed by atoms with Gasteiger partial charge in [0.25, 0.3) is 0 Å². The van der Waals surface area contributed by atoms with Crippen molar-refractivity contribution in [2.45, 2.75) is 76.4 Å². The standard InChI is InChI=1S/C31H39N3O5/c1-20(2)24-19-31(24,30(39)33-26(29(37)38)17-22-11-7-4-8-12-22)34-28(36)25(32-27(35)18-23-13-14-23)16-15-21-9-5-3-6-10-21/h3-12,20,23-26H,13-19H2,1-2H3,(H,32,35)(H,33,39)(H,34,36)(H,37,38)/t24?,25-,26-,31+/m0/s1. The maximum absolute atomic E-state index is 13.6. The first-order chi connectivity index (χ1) is 18.7. The van der Waals surface area contributed by atoms with E-state index < -0.39 is 35.4 Å². The Kier molecular flexibility index (Phi) is 9.04. The van der Waals surface area contributed by atoms with E-state index in [-0.39, 0.29) is 24.2 Å². The Hall–Kier alpha value is -3.68. The van der Waals surface area contributed by atoms with Crippen LogP contribution >= 0.6 is 0 Å². The molecular weight excluding hydrogens is 494 g/mol. The number of aliphatic carboxylic acids is 1. The second-order valence-electron chi connectivity index (χ2n) is 11.4. The van der Waals surface area contributed by atoms with Crippen molar-refractivity contribution < 1.29 is 24.3 Å². The molecule has 208 valence electrons. The zero-order valence-electron chi connectivity index (χ0n) is 22.7. The van der Waals surface area contributed by atoms with E-state index in [1.54, 1.807) is 0 Å². The number of hydrogen-bond acceptors (Lipinski definition) is 4. The van der Waals surface area contributed by atoms with E-state index in [1.165, 1.54) is 0 Å². The fraction of sp³-hybridized carbons (Fsp3) is 0.484. The Morgan fingerprint density at radius 3 is 2.05 bits per heavy atom. The maximum Gasteiger partial charge on any atom is 0.326 e. The quantitative estimate of drug-likeness (QED) is 0.297. The number of amides is 3. The normalized spacial score (nSPS) is 21.5. The number of nitrogens with one attached hydrogen (secondary N) is 3. The summed E-state index contributed by atoms with van der Waals surface area (Å²) in [6.45, 7) is 3.96. The van der Waals surface area contributed by atoms with Gasteiger partial charge in [0.2, 0.25) is 17.7 Å². The average Bonchev–Trinajstić information content (AvgIpc) is 3.84. The first kappa shape index (κ1) is 28.3. The van der Waals surface area contributed by atoms with Crippen LogP contribution in [0.3, 0.4) is 0 Å². The zero-order valence-corrected chi connectivity index (χ0v) is 22.7. The summed E-state index contributed by atoms with van der Waals surface area (Å²) in [6, 6.07) is 16.9. The molecular formula is C31H39N3O5. The van der Waals surface area contributed by atoms with Gasteiger partial charge in [-0.05, 0) is 61.0 Å². The molecule has 2 aromatic carbocycles. The highest BCUT2D eigenvalue weighted by atomic mass is 16.4. The van der Waals surface area contributed by atoms with Crippen molar-refractivity contribution in [2.75, 3.05) is 0 Å². The van der Waals surface area contributed by atoms with Crippen LogP contribution in [0.1, 0.15) is 57.1 Å². The van der Waals surface area contributed by atoms with Crippen LogP contribution in [0, 0.1) is 17.8 Å². The van der Waals surface area contributed by atoms with E-state index in [0.717, 1.165) is 24.0 Å². The molecule has 39 heavy (non-hydrogen) atoms. The monoisotopic (exact) mass is 533 g/mol. The Labute approximate surface area is 230 Å². The van der Waals surface area contributed by atoms with Crippen molar-refractivity contribution >= 4 is 23.7 Å². The predicted octanol–water partition coefficient (Wildman–Crippen LogP) is 3.25. The van der Waals surface area contributed by atoms with Crippen LogP contribution in [-0.2, 0) is 32.0 Å². The fourth-order valence-electron chi connectivity index (χ4n) is 5.26. The first-order valence-corrected chi connectivity index (χ1v) is 13.9. The molecule has 2 aliphatic carbocycles. The fourth-order valence-corrected chi connectivity index (χ4v) is 5.26. The molecule has 4 N–H and O–H groups in total. The molecule has 2 fully saturated rings. The second-order valence-corrected chi connectivity index (χ2v) is 11.4. The van der Waals surface area contributed by atoms with Gasteiger partial charge in [-0.15, -0.1) is 0 Å². The minimum Gasteiger partial charge on any atom is -0.480 e. The largest absolute Gasteiger partial charge is 0.480 e. The molecule has 8 nitrogen and oxygen atoms in total. The summed E-state index contributed by atoms with van der Waals surface area (Å²) in [6.07, 6.45) is 3.99. The highest BCUT2D eigenvalue weighted by Crippen LogP contribution is 2.49. The smallest absolute Gasteiger partial charge is 0.326 e. The Bertz CT molecular complexity index is 1170. The summed E-state index contributed by atoms with van der Waals surface area (Å²) < 4.78 is 0. The Morgan fingerprint density at radius 1 is 0.897 bits per heavy atom. The summed E-state index contributed by atoms with van der Waals surface area (Å²) in [5, 5.41) is 18.4. The van der Waals surface area contributed by atoms with Gasteiger partial charge in [-0.1, -0.05) is 74.5 Å². The van der Waals surface area contributed by atoms with Crippen LogP contribution in [0.4, 0.5) is 0 Å². The summed E-state index contributed by atoms with van der Waals surface area (Å²) >= 11 is 0. The molecule has 0 aromatic heterocycles. The highest BCUT2D eigenvalue weighted by molar-refractivity contribution is 5.98. The van der Waals surface area contributed by atoms with Crippen molar-refractivity contribution in [1.29, 1.82) is 0 Å². The number of hydrogen-bond donors (Lipinski definition) is 4. The van der Waals surface area contributed by atoms with E-state index in [1.807, 2.05) is 74.5 Å². The molecule has 0 saturated heterocycles. The summed E-state index contributed by atoms with van der Waals surface area (Å²) in [5.41, 5.74) is 0.636. The van der Waals surface area contributed by atoms with Gasteiger partial charge in [0.15, 0.2) is 0 Å². The first-order valence-electron chi connectivity index (χ1n) is 13.9. The lowest BCUT2D eigenvalue weighted by molar-refractivity contribution is -0.142. The van der Waals surface area contributed by atoms with Gasteiger partial charge >= 0.3 is 5.97 Å². The van der Waals surface area contributed by atoms with Crippen LogP contribution in [0.5, 0.6) is 0 Å². The maximum atomic E-state index is 13.6. The Balaban J connectivity index is 1.47. The molecule has 0 radical (unpaired) electrons. The van der Waals surface area contributed by atoms with Gasteiger partial charge in [-0.3, -0.25) is 14.4 Å². The molecule has 0 aliphatic heterocycles. The third-order valence-electron chi connectivity index (χ3n) is 7.84. The minimum absolute atomic E-state index is 0.0978. The van der Waals surface area contributed by atoms with Gasteiger partial charge in [0.1, 0.15) is 17.6 Å². The molecule has 0 bridgehead atoms. The number of carboxylic acids is 1. The van der Waals surface area contributed by atoms with Gasteiger partial charge in [0, 0.05) is 12.8 Å². The summed E-state index contributed by atoms with van der Waals surface area (Å²) in [7, 11) is 0. The van der Waals surface area contributed by atoms with E-state index in [9.17, 15) is 24.3 Å². The van der Waals surface area contributed by atoms with Crippen molar-refractivity contribution in [3.63, 3.8) is 0 Å². The Morgan fingerprint density at radius 2 is 1.51 bits per heavy atom. The molecule has 0 heterocycles. The zero-order chi connectivity index (χ0) is 28.0.